The summed E-state index contributed by atoms with van der Waals surface area (Å²) in [6, 6.07) is 4.64. The van der Waals surface area contributed by atoms with Crippen molar-refractivity contribution in [1.29, 1.82) is 0 Å². The molecule has 0 aliphatic rings. The molecule has 1 N–H and O–H groups in total. The van der Waals surface area contributed by atoms with E-state index in [0.717, 1.165) is 5.56 Å². The number of hydrogen-bond donors (Lipinski definition) is 1. The molecular weight excluding hydrogens is 229 g/mol. The third kappa shape index (κ3) is 3.93. The molecule has 1 aromatic carbocycles. The number of halogens is 2. The van der Waals surface area contributed by atoms with E-state index in [1.165, 1.54) is 6.07 Å². The number of aliphatic hydroxyl groups is 1. The molecule has 0 aromatic heterocycles. The molecule has 88 valence electrons. The number of hydrogen-bond acceptors (Lipinski definition) is 2. The van der Waals surface area contributed by atoms with Crippen molar-refractivity contribution in [1.82, 2.24) is 4.90 Å². The van der Waals surface area contributed by atoms with E-state index < -0.39 is 5.82 Å². The first kappa shape index (κ1) is 13.2. The van der Waals surface area contributed by atoms with Gasteiger partial charge in [-0.25, -0.2) is 4.39 Å². The molecule has 0 heterocycles. The van der Waals surface area contributed by atoms with Crippen LogP contribution in [0, 0.1) is 5.82 Å². The Hall–Kier alpha value is -0.900. The molecule has 0 amide bonds. The maximum absolute atomic E-state index is 12.9. The van der Waals surface area contributed by atoms with Crippen LogP contribution in [0.5, 0.6) is 0 Å². The predicted molar refractivity (Wildman–Crippen MR) is 64.0 cm³/mol. The van der Waals surface area contributed by atoms with Crippen molar-refractivity contribution in [2.45, 2.75) is 6.54 Å². The van der Waals surface area contributed by atoms with Crippen LogP contribution in [0.4, 0.5) is 4.39 Å². The molecule has 0 fully saturated rings. The van der Waals surface area contributed by atoms with Crippen molar-refractivity contribution in [3.63, 3.8) is 0 Å². The number of benzene rings is 1. The maximum atomic E-state index is 12.9. The zero-order chi connectivity index (χ0) is 12.0. The van der Waals surface area contributed by atoms with E-state index >= 15 is 0 Å². The largest absolute Gasteiger partial charge is 0.395 e. The fraction of sp³-hybridized carbons (Fsp3) is 0.333. The number of aliphatic hydroxyl groups excluding tert-OH is 1. The van der Waals surface area contributed by atoms with Crippen molar-refractivity contribution in [3.8, 4) is 0 Å². The second-order valence-corrected chi connectivity index (χ2v) is 3.90. The average Bonchev–Trinajstić information content (AvgIpc) is 2.24. The highest BCUT2D eigenvalue weighted by atomic mass is 35.5. The van der Waals surface area contributed by atoms with Crippen molar-refractivity contribution in [3.05, 3.63) is 47.3 Å². The molecule has 0 aliphatic carbocycles. The Morgan fingerprint density at radius 2 is 2.25 bits per heavy atom. The van der Waals surface area contributed by atoms with Crippen LogP contribution in [-0.2, 0) is 6.54 Å². The topological polar surface area (TPSA) is 23.5 Å². The molecule has 0 spiro atoms. The fourth-order valence-corrected chi connectivity index (χ4v) is 1.66. The standard InChI is InChI=1S/C12H15ClFNO/c1-2-5-15(6-7-16)9-10-3-4-12(14)11(13)8-10/h2-4,8,16H,1,5-7,9H2. The van der Waals surface area contributed by atoms with E-state index in [1.807, 2.05) is 4.90 Å². The van der Waals surface area contributed by atoms with Gasteiger partial charge in [0, 0.05) is 19.6 Å². The average molecular weight is 244 g/mol. The van der Waals surface area contributed by atoms with Crippen LogP contribution in [0.2, 0.25) is 5.02 Å². The Bertz CT molecular complexity index is 357. The monoisotopic (exact) mass is 243 g/mol. The Morgan fingerprint density at radius 3 is 2.81 bits per heavy atom. The molecule has 0 saturated carbocycles. The summed E-state index contributed by atoms with van der Waals surface area (Å²) in [4.78, 5) is 2.00. The Labute approximate surface area is 100.0 Å². The molecule has 0 saturated heterocycles. The van der Waals surface area contributed by atoms with E-state index in [-0.39, 0.29) is 11.6 Å². The lowest BCUT2D eigenvalue weighted by Crippen LogP contribution is -2.26. The van der Waals surface area contributed by atoms with Gasteiger partial charge in [0.25, 0.3) is 0 Å². The van der Waals surface area contributed by atoms with Gasteiger partial charge in [0.1, 0.15) is 5.82 Å². The Morgan fingerprint density at radius 1 is 1.50 bits per heavy atom. The number of rotatable bonds is 6. The molecule has 16 heavy (non-hydrogen) atoms. The highest BCUT2D eigenvalue weighted by Crippen LogP contribution is 2.17. The minimum Gasteiger partial charge on any atom is -0.395 e. The summed E-state index contributed by atoms with van der Waals surface area (Å²) >= 11 is 5.69. The van der Waals surface area contributed by atoms with Crippen molar-refractivity contribution >= 4 is 11.6 Å². The second-order valence-electron chi connectivity index (χ2n) is 3.50. The lowest BCUT2D eigenvalue weighted by atomic mass is 10.2. The first-order valence-electron chi connectivity index (χ1n) is 5.05. The Balaban J connectivity index is 2.68. The van der Waals surface area contributed by atoms with Crippen molar-refractivity contribution in [2.75, 3.05) is 19.7 Å². The van der Waals surface area contributed by atoms with Crippen LogP contribution in [0.1, 0.15) is 5.56 Å². The molecule has 0 atom stereocenters. The molecule has 0 unspecified atom stereocenters. The van der Waals surface area contributed by atoms with Gasteiger partial charge in [-0.2, -0.15) is 0 Å². The zero-order valence-electron chi connectivity index (χ0n) is 9.00. The van der Waals surface area contributed by atoms with Gasteiger partial charge in [0.2, 0.25) is 0 Å². The normalized spacial score (nSPS) is 10.8. The SMILES string of the molecule is C=CCN(CCO)Cc1ccc(F)c(Cl)c1. The van der Waals surface area contributed by atoms with Crippen LogP contribution in [0.15, 0.2) is 30.9 Å². The van der Waals surface area contributed by atoms with Crippen LogP contribution in [-0.4, -0.2) is 29.7 Å². The van der Waals surface area contributed by atoms with Gasteiger partial charge in [-0.3, -0.25) is 4.90 Å². The third-order valence-electron chi connectivity index (χ3n) is 2.19. The summed E-state index contributed by atoms with van der Waals surface area (Å²) in [5, 5.41) is 9.00. The third-order valence-corrected chi connectivity index (χ3v) is 2.48. The number of nitrogens with zero attached hydrogens (tertiary/aromatic N) is 1. The van der Waals surface area contributed by atoms with Gasteiger partial charge in [-0.15, -0.1) is 6.58 Å². The molecule has 0 bridgehead atoms. The molecule has 0 radical (unpaired) electrons. The maximum Gasteiger partial charge on any atom is 0.141 e. The second kappa shape index (κ2) is 6.63. The minimum atomic E-state index is -0.414. The van der Waals surface area contributed by atoms with Gasteiger partial charge in [0.15, 0.2) is 0 Å². The van der Waals surface area contributed by atoms with Crippen molar-refractivity contribution in [2.24, 2.45) is 0 Å². The van der Waals surface area contributed by atoms with Gasteiger partial charge < -0.3 is 5.11 Å². The summed E-state index contributed by atoms with van der Waals surface area (Å²) < 4.78 is 12.9. The van der Waals surface area contributed by atoms with Gasteiger partial charge >= 0.3 is 0 Å². The van der Waals surface area contributed by atoms with Crippen LogP contribution >= 0.6 is 11.6 Å². The summed E-state index contributed by atoms with van der Waals surface area (Å²) in [6.45, 7) is 5.58. The molecule has 4 heteroatoms. The van der Waals surface area contributed by atoms with E-state index in [0.29, 0.717) is 19.6 Å². The molecule has 2 nitrogen and oxygen atoms in total. The lowest BCUT2D eigenvalue weighted by Gasteiger charge is -2.19. The van der Waals surface area contributed by atoms with Crippen molar-refractivity contribution < 1.29 is 9.50 Å². The molecule has 0 aliphatic heterocycles. The summed E-state index contributed by atoms with van der Waals surface area (Å²) in [5.74, 6) is -0.414. The van der Waals surface area contributed by atoms with Crippen LogP contribution < -0.4 is 0 Å². The molecular formula is C12H15ClFNO. The van der Waals surface area contributed by atoms with Crippen LogP contribution in [0.3, 0.4) is 0 Å². The van der Waals surface area contributed by atoms with E-state index in [9.17, 15) is 4.39 Å². The Kier molecular flexibility index (Phi) is 5.46. The highest BCUT2D eigenvalue weighted by Gasteiger charge is 2.06. The van der Waals surface area contributed by atoms with E-state index in [4.69, 9.17) is 16.7 Å². The minimum absolute atomic E-state index is 0.0861. The van der Waals surface area contributed by atoms with E-state index in [2.05, 4.69) is 6.58 Å². The highest BCUT2D eigenvalue weighted by molar-refractivity contribution is 6.30. The quantitative estimate of drug-likeness (QED) is 0.776. The summed E-state index contributed by atoms with van der Waals surface area (Å²) in [5.41, 5.74) is 0.918. The first-order valence-corrected chi connectivity index (χ1v) is 5.43. The zero-order valence-corrected chi connectivity index (χ0v) is 9.75. The lowest BCUT2D eigenvalue weighted by molar-refractivity contribution is 0.203. The summed E-state index contributed by atoms with van der Waals surface area (Å²) in [6.07, 6.45) is 1.76. The van der Waals surface area contributed by atoms with E-state index in [1.54, 1.807) is 18.2 Å². The smallest absolute Gasteiger partial charge is 0.141 e. The van der Waals surface area contributed by atoms with Crippen LogP contribution in [0.25, 0.3) is 0 Å². The molecule has 1 aromatic rings. The first-order chi connectivity index (χ1) is 7.67. The summed E-state index contributed by atoms with van der Waals surface area (Å²) in [7, 11) is 0. The predicted octanol–water partition coefficient (Wildman–Crippen LogP) is 2.46. The van der Waals surface area contributed by atoms with Gasteiger partial charge in [-0.05, 0) is 17.7 Å². The van der Waals surface area contributed by atoms with Gasteiger partial charge in [0.05, 0.1) is 11.6 Å². The molecule has 1 rings (SSSR count). The van der Waals surface area contributed by atoms with Gasteiger partial charge in [-0.1, -0.05) is 23.7 Å². The fourth-order valence-electron chi connectivity index (χ4n) is 1.46.